The van der Waals surface area contributed by atoms with Crippen molar-refractivity contribution in [1.82, 2.24) is 0 Å². The Balaban J connectivity index is 2.30. The van der Waals surface area contributed by atoms with Crippen LogP contribution in [-0.2, 0) is 0 Å². The molecule has 6 nitrogen and oxygen atoms in total. The van der Waals surface area contributed by atoms with Crippen LogP contribution in [0.2, 0.25) is 0 Å². The van der Waals surface area contributed by atoms with Gasteiger partial charge in [-0.2, -0.15) is 0 Å². The van der Waals surface area contributed by atoms with E-state index in [1.165, 1.54) is 32.4 Å². The zero-order valence-corrected chi connectivity index (χ0v) is 13.6. The van der Waals surface area contributed by atoms with E-state index in [-0.39, 0.29) is 11.5 Å². The van der Waals surface area contributed by atoms with Crippen LogP contribution in [0.5, 0.6) is 11.5 Å². The number of hydrogen-bond donors (Lipinski definition) is 0. The molecule has 24 heavy (non-hydrogen) atoms. The van der Waals surface area contributed by atoms with Gasteiger partial charge in [0.05, 0.1) is 19.1 Å². The molecule has 0 fully saturated rings. The van der Waals surface area contributed by atoms with Gasteiger partial charge in [-0.15, -0.1) is 0 Å². The normalized spacial score (nSPS) is 10.6. The van der Waals surface area contributed by atoms with Gasteiger partial charge in [0.25, 0.3) is 5.69 Å². The van der Waals surface area contributed by atoms with Crippen molar-refractivity contribution in [2.24, 2.45) is 0 Å². The first kappa shape index (κ1) is 17.2. The SMILES string of the molecule is COc1cc(C)cc(OC)c1C(=O)/C=C/c1ccc([N+](=O)[O-])cc1. The zero-order chi connectivity index (χ0) is 17.7. The van der Waals surface area contributed by atoms with E-state index < -0.39 is 4.92 Å². The number of non-ortho nitro benzene ring substituents is 1. The standard InChI is InChI=1S/C18H17NO5/c1-12-10-16(23-2)18(17(11-12)24-3)15(20)9-6-13-4-7-14(8-5-13)19(21)22/h4-11H,1-3H3/b9-6+. The van der Waals surface area contributed by atoms with Crippen molar-refractivity contribution in [3.05, 3.63) is 69.3 Å². The minimum Gasteiger partial charge on any atom is -0.496 e. The van der Waals surface area contributed by atoms with Gasteiger partial charge in [0, 0.05) is 12.1 Å². The van der Waals surface area contributed by atoms with Gasteiger partial charge in [-0.25, -0.2) is 0 Å². The van der Waals surface area contributed by atoms with E-state index in [1.807, 2.05) is 6.92 Å². The largest absolute Gasteiger partial charge is 0.496 e. The zero-order valence-electron chi connectivity index (χ0n) is 13.6. The number of ether oxygens (including phenoxy) is 2. The number of carbonyl (C=O) groups is 1. The molecule has 6 heteroatoms. The van der Waals surface area contributed by atoms with Gasteiger partial charge in [-0.3, -0.25) is 14.9 Å². The summed E-state index contributed by atoms with van der Waals surface area (Å²) in [6.45, 7) is 1.88. The molecule has 0 aromatic heterocycles. The van der Waals surface area contributed by atoms with E-state index in [0.717, 1.165) is 5.56 Å². The summed E-state index contributed by atoms with van der Waals surface area (Å²) in [6, 6.07) is 9.44. The molecule has 0 N–H and O–H groups in total. The monoisotopic (exact) mass is 327 g/mol. The third-order valence-electron chi connectivity index (χ3n) is 3.43. The Morgan fingerprint density at radius 3 is 2.08 bits per heavy atom. The van der Waals surface area contributed by atoms with Crippen molar-refractivity contribution in [1.29, 1.82) is 0 Å². The van der Waals surface area contributed by atoms with Gasteiger partial charge in [0.1, 0.15) is 17.1 Å². The molecule has 0 radical (unpaired) electrons. The highest BCUT2D eigenvalue weighted by atomic mass is 16.6. The summed E-state index contributed by atoms with van der Waals surface area (Å²) in [5.41, 5.74) is 1.93. The fourth-order valence-electron chi connectivity index (χ4n) is 2.25. The highest BCUT2D eigenvalue weighted by molar-refractivity contribution is 6.10. The molecule has 0 aliphatic rings. The summed E-state index contributed by atoms with van der Waals surface area (Å²) in [5.74, 6) is 0.595. The molecule has 0 atom stereocenters. The number of methoxy groups -OCH3 is 2. The van der Waals surface area contributed by atoms with E-state index in [2.05, 4.69) is 0 Å². The second-order valence-electron chi connectivity index (χ2n) is 5.09. The van der Waals surface area contributed by atoms with Gasteiger partial charge in [-0.05, 0) is 48.4 Å². The van der Waals surface area contributed by atoms with Crippen molar-refractivity contribution < 1.29 is 19.2 Å². The lowest BCUT2D eigenvalue weighted by atomic mass is 10.0. The second-order valence-corrected chi connectivity index (χ2v) is 5.09. The molecule has 0 aliphatic carbocycles. The fourth-order valence-corrected chi connectivity index (χ4v) is 2.25. The van der Waals surface area contributed by atoms with Crippen molar-refractivity contribution in [2.75, 3.05) is 14.2 Å². The predicted octanol–water partition coefficient (Wildman–Crippen LogP) is 3.82. The van der Waals surface area contributed by atoms with Crippen molar-refractivity contribution >= 4 is 17.5 Å². The van der Waals surface area contributed by atoms with Crippen LogP contribution >= 0.6 is 0 Å². The number of carbonyl (C=O) groups excluding carboxylic acids is 1. The van der Waals surface area contributed by atoms with Crippen LogP contribution in [0.1, 0.15) is 21.5 Å². The molecule has 0 amide bonds. The number of nitro groups is 1. The lowest BCUT2D eigenvalue weighted by molar-refractivity contribution is -0.384. The predicted molar refractivity (Wildman–Crippen MR) is 90.7 cm³/mol. The summed E-state index contributed by atoms with van der Waals surface area (Å²) in [6.07, 6.45) is 2.97. The molecule has 0 unspecified atom stereocenters. The summed E-state index contributed by atoms with van der Waals surface area (Å²) in [5, 5.41) is 10.6. The maximum Gasteiger partial charge on any atom is 0.269 e. The fraction of sp³-hybridized carbons (Fsp3) is 0.167. The van der Waals surface area contributed by atoms with Gasteiger partial charge in [-0.1, -0.05) is 6.08 Å². The molecular formula is C18H17NO5. The van der Waals surface area contributed by atoms with Gasteiger partial charge < -0.3 is 9.47 Å². The average molecular weight is 327 g/mol. The van der Waals surface area contributed by atoms with Crippen LogP contribution in [0.25, 0.3) is 6.08 Å². The van der Waals surface area contributed by atoms with Crippen molar-refractivity contribution in [2.45, 2.75) is 6.92 Å². The molecular weight excluding hydrogens is 310 g/mol. The number of nitrogens with zero attached hydrogens (tertiary/aromatic N) is 1. The number of rotatable bonds is 6. The van der Waals surface area contributed by atoms with Gasteiger partial charge >= 0.3 is 0 Å². The maximum atomic E-state index is 12.5. The lowest BCUT2D eigenvalue weighted by Gasteiger charge is -2.12. The van der Waals surface area contributed by atoms with Crippen LogP contribution in [0, 0.1) is 17.0 Å². The third kappa shape index (κ3) is 3.78. The Labute approximate surface area is 139 Å². The minimum atomic E-state index is -0.472. The second kappa shape index (κ2) is 7.41. The Hall–Kier alpha value is -3.15. The maximum absolute atomic E-state index is 12.5. The molecule has 0 aliphatic heterocycles. The molecule has 0 bridgehead atoms. The first-order valence-electron chi connectivity index (χ1n) is 7.15. The topological polar surface area (TPSA) is 78.7 Å². The third-order valence-corrected chi connectivity index (χ3v) is 3.43. The lowest BCUT2D eigenvalue weighted by Crippen LogP contribution is -2.03. The summed E-state index contributed by atoms with van der Waals surface area (Å²) < 4.78 is 10.5. The summed E-state index contributed by atoms with van der Waals surface area (Å²) >= 11 is 0. The molecule has 0 spiro atoms. The molecule has 2 aromatic carbocycles. The summed E-state index contributed by atoms with van der Waals surface area (Å²) in [7, 11) is 2.98. The number of ketones is 1. The van der Waals surface area contributed by atoms with E-state index in [4.69, 9.17) is 9.47 Å². The molecule has 2 rings (SSSR count). The molecule has 0 saturated heterocycles. The van der Waals surface area contributed by atoms with Crippen LogP contribution in [0.15, 0.2) is 42.5 Å². The summed E-state index contributed by atoms with van der Waals surface area (Å²) in [4.78, 5) is 22.7. The minimum absolute atomic E-state index is 0.000324. The van der Waals surface area contributed by atoms with E-state index >= 15 is 0 Å². The van der Waals surface area contributed by atoms with E-state index in [0.29, 0.717) is 22.6 Å². The van der Waals surface area contributed by atoms with E-state index in [1.54, 1.807) is 30.3 Å². The number of allylic oxidation sites excluding steroid dienone is 1. The molecule has 2 aromatic rings. The number of benzene rings is 2. The Kier molecular flexibility index (Phi) is 5.31. The van der Waals surface area contributed by atoms with Crippen LogP contribution in [0.4, 0.5) is 5.69 Å². The van der Waals surface area contributed by atoms with Gasteiger partial charge in [0.2, 0.25) is 0 Å². The van der Waals surface area contributed by atoms with Gasteiger partial charge in [0.15, 0.2) is 5.78 Å². The number of aryl methyl sites for hydroxylation is 1. The van der Waals surface area contributed by atoms with Crippen molar-refractivity contribution in [3.63, 3.8) is 0 Å². The first-order valence-corrected chi connectivity index (χ1v) is 7.15. The highest BCUT2D eigenvalue weighted by Crippen LogP contribution is 2.31. The molecule has 0 heterocycles. The number of nitro benzene ring substituents is 1. The molecule has 0 saturated carbocycles. The Morgan fingerprint density at radius 1 is 1.08 bits per heavy atom. The highest BCUT2D eigenvalue weighted by Gasteiger charge is 2.17. The Bertz CT molecular complexity index is 769. The van der Waals surface area contributed by atoms with Crippen molar-refractivity contribution in [3.8, 4) is 11.5 Å². The molecule has 124 valence electrons. The van der Waals surface area contributed by atoms with Crippen LogP contribution in [0.3, 0.4) is 0 Å². The number of hydrogen-bond acceptors (Lipinski definition) is 5. The Morgan fingerprint density at radius 2 is 1.62 bits per heavy atom. The first-order chi connectivity index (χ1) is 11.5. The quantitative estimate of drug-likeness (QED) is 0.349. The van der Waals surface area contributed by atoms with Crippen LogP contribution in [-0.4, -0.2) is 24.9 Å². The van der Waals surface area contributed by atoms with E-state index in [9.17, 15) is 14.9 Å². The average Bonchev–Trinajstić information content (AvgIpc) is 2.58. The van der Waals surface area contributed by atoms with Crippen LogP contribution < -0.4 is 9.47 Å². The smallest absolute Gasteiger partial charge is 0.269 e.